The van der Waals surface area contributed by atoms with Gasteiger partial charge in [-0.15, -0.1) is 11.3 Å². The fourth-order valence-corrected chi connectivity index (χ4v) is 6.47. The van der Waals surface area contributed by atoms with Crippen molar-refractivity contribution >= 4 is 54.4 Å². The van der Waals surface area contributed by atoms with Crippen LogP contribution in [-0.4, -0.2) is 0 Å². The zero-order valence-corrected chi connectivity index (χ0v) is 21.1. The van der Waals surface area contributed by atoms with Crippen molar-refractivity contribution in [2.75, 3.05) is 0 Å². The number of benzene rings is 7. The molecule has 0 N–H and O–H groups in total. The third kappa shape index (κ3) is 3.76. The van der Waals surface area contributed by atoms with Gasteiger partial charge in [0, 0.05) is 10.4 Å². The molecule has 1 aromatic heterocycles. The van der Waals surface area contributed by atoms with Crippen molar-refractivity contribution in [1.82, 2.24) is 0 Å². The fraction of sp³-hybridized carbons (Fsp3) is 0. The van der Waals surface area contributed by atoms with Gasteiger partial charge in [-0.2, -0.15) is 0 Å². The maximum atomic E-state index is 2.25. The third-order valence-corrected chi connectivity index (χ3v) is 8.14. The van der Waals surface area contributed by atoms with Crippen LogP contribution in [0.5, 0.6) is 0 Å². The lowest BCUT2D eigenvalue weighted by Crippen LogP contribution is -1.85. The minimum Gasteiger partial charge on any atom is -0.143 e. The lowest BCUT2D eigenvalue weighted by atomic mass is 9.90. The average Bonchev–Trinajstić information content (AvgIpc) is 3.47. The Labute approximate surface area is 220 Å². The lowest BCUT2D eigenvalue weighted by molar-refractivity contribution is 1.65. The Bertz CT molecular complexity index is 1740. The third-order valence-electron chi connectivity index (χ3n) is 7.18. The van der Waals surface area contributed by atoms with Crippen molar-refractivity contribution in [3.05, 3.63) is 145 Å². The molecule has 0 saturated heterocycles. The summed E-state index contributed by atoms with van der Waals surface area (Å²) in [5.74, 6) is 0. The molecule has 0 spiro atoms. The maximum absolute atomic E-state index is 2.25. The minimum atomic E-state index is 1.28. The van der Waals surface area contributed by atoms with Crippen LogP contribution in [0.4, 0.5) is 0 Å². The molecule has 37 heavy (non-hydrogen) atoms. The molecule has 0 radical (unpaired) electrons. The Hall–Kier alpha value is -4.46. The molecule has 0 atom stereocenters. The maximum Gasteiger partial charge on any atom is 0.0421 e. The summed E-state index contributed by atoms with van der Waals surface area (Å²) < 4.78 is 0. The number of thiophene rings is 1. The standard InChI is InChI=1S/C20H12.C16H12S/c1-5-13-6-2-11-17-18-12-4-8-14-7-3-10-16(20(14)18)15(9-1)19(13)17;1-3-7-13(8-4-1)15-11-12-17-16(15)14-9-5-2-6-10-14/h1-12H;1-12H. The summed E-state index contributed by atoms with van der Waals surface area (Å²) in [4.78, 5) is 1.34. The van der Waals surface area contributed by atoms with Gasteiger partial charge >= 0.3 is 0 Å². The molecular weight excluding hydrogens is 464 g/mol. The van der Waals surface area contributed by atoms with Crippen LogP contribution in [-0.2, 0) is 0 Å². The van der Waals surface area contributed by atoms with E-state index in [2.05, 4.69) is 145 Å². The van der Waals surface area contributed by atoms with Crippen LogP contribution in [0.2, 0.25) is 0 Å². The van der Waals surface area contributed by atoms with Crippen LogP contribution in [0.15, 0.2) is 145 Å². The predicted octanol–water partition coefficient (Wildman–Crippen LogP) is 10.8. The smallest absolute Gasteiger partial charge is 0.0421 e. The largest absolute Gasteiger partial charge is 0.143 e. The summed E-state index contributed by atoms with van der Waals surface area (Å²) in [6.45, 7) is 0. The minimum absolute atomic E-state index is 1.28. The van der Waals surface area contributed by atoms with Crippen molar-refractivity contribution in [2.45, 2.75) is 0 Å². The number of hydrogen-bond acceptors (Lipinski definition) is 1. The highest BCUT2D eigenvalue weighted by Crippen LogP contribution is 2.40. The number of hydrogen-bond donors (Lipinski definition) is 0. The van der Waals surface area contributed by atoms with E-state index in [9.17, 15) is 0 Å². The predicted molar refractivity (Wildman–Crippen MR) is 163 cm³/mol. The van der Waals surface area contributed by atoms with E-state index < -0.39 is 0 Å². The second-order valence-corrected chi connectivity index (χ2v) is 10.2. The van der Waals surface area contributed by atoms with Crippen molar-refractivity contribution in [3.63, 3.8) is 0 Å². The molecule has 0 bridgehead atoms. The highest BCUT2D eigenvalue weighted by Gasteiger charge is 2.11. The molecule has 1 heterocycles. The Kier molecular flexibility index (Phi) is 5.42. The van der Waals surface area contributed by atoms with E-state index in [0.29, 0.717) is 0 Å². The Morgan fingerprint density at radius 1 is 0.351 bits per heavy atom. The van der Waals surface area contributed by atoms with Gasteiger partial charge in [-0.1, -0.05) is 133 Å². The molecule has 8 rings (SSSR count). The van der Waals surface area contributed by atoms with Crippen LogP contribution in [0.1, 0.15) is 0 Å². The van der Waals surface area contributed by atoms with E-state index in [1.54, 1.807) is 11.3 Å². The fourth-order valence-electron chi connectivity index (χ4n) is 5.55. The zero-order valence-electron chi connectivity index (χ0n) is 20.3. The van der Waals surface area contributed by atoms with Crippen molar-refractivity contribution in [1.29, 1.82) is 0 Å². The molecule has 0 unspecified atom stereocenters. The highest BCUT2D eigenvalue weighted by molar-refractivity contribution is 7.14. The van der Waals surface area contributed by atoms with Gasteiger partial charge in [0.15, 0.2) is 0 Å². The second kappa shape index (κ2) is 9.20. The first kappa shape index (κ1) is 21.8. The second-order valence-electron chi connectivity index (χ2n) is 9.31. The van der Waals surface area contributed by atoms with E-state index in [0.717, 1.165) is 0 Å². The van der Waals surface area contributed by atoms with Crippen molar-refractivity contribution in [2.24, 2.45) is 0 Å². The molecule has 0 aliphatic carbocycles. The molecule has 8 aromatic rings. The monoisotopic (exact) mass is 488 g/mol. The Morgan fingerprint density at radius 2 is 0.784 bits per heavy atom. The van der Waals surface area contributed by atoms with Gasteiger partial charge in [0.2, 0.25) is 0 Å². The molecule has 0 aliphatic rings. The molecule has 174 valence electrons. The van der Waals surface area contributed by atoms with E-state index >= 15 is 0 Å². The van der Waals surface area contributed by atoms with Crippen LogP contribution >= 0.6 is 11.3 Å². The van der Waals surface area contributed by atoms with Crippen molar-refractivity contribution in [3.8, 4) is 21.6 Å². The quantitative estimate of drug-likeness (QED) is 0.168. The van der Waals surface area contributed by atoms with Gasteiger partial charge in [-0.25, -0.2) is 0 Å². The van der Waals surface area contributed by atoms with Crippen LogP contribution in [0, 0.1) is 0 Å². The summed E-state index contributed by atoms with van der Waals surface area (Å²) in [7, 11) is 0. The first-order chi connectivity index (χ1) is 18.4. The van der Waals surface area contributed by atoms with Gasteiger partial charge in [0.1, 0.15) is 0 Å². The molecule has 0 saturated carbocycles. The first-order valence-electron chi connectivity index (χ1n) is 12.6. The number of fused-ring (bicyclic) bond motifs is 2. The van der Waals surface area contributed by atoms with Gasteiger partial charge < -0.3 is 0 Å². The molecular formula is C36H24S. The van der Waals surface area contributed by atoms with Gasteiger partial charge in [-0.3, -0.25) is 0 Å². The summed E-state index contributed by atoms with van der Waals surface area (Å²) in [6.07, 6.45) is 0. The first-order valence-corrected chi connectivity index (χ1v) is 13.5. The van der Waals surface area contributed by atoms with Crippen molar-refractivity contribution < 1.29 is 0 Å². The van der Waals surface area contributed by atoms with Gasteiger partial charge in [0.05, 0.1) is 0 Å². The summed E-state index contributed by atoms with van der Waals surface area (Å²) in [5.41, 5.74) is 3.90. The van der Waals surface area contributed by atoms with E-state index in [1.807, 2.05) is 0 Å². The molecule has 0 amide bonds. The van der Waals surface area contributed by atoms with Crippen LogP contribution in [0.25, 0.3) is 64.7 Å². The van der Waals surface area contributed by atoms with Crippen LogP contribution in [0.3, 0.4) is 0 Å². The summed E-state index contributed by atoms with van der Waals surface area (Å²) >= 11 is 1.80. The van der Waals surface area contributed by atoms with E-state index in [-0.39, 0.29) is 0 Å². The van der Waals surface area contributed by atoms with Gasteiger partial charge in [-0.05, 0) is 65.7 Å². The Balaban J connectivity index is 0.000000127. The zero-order chi connectivity index (χ0) is 24.6. The summed E-state index contributed by atoms with van der Waals surface area (Å²) in [5, 5.41) is 13.0. The molecule has 0 aliphatic heterocycles. The lowest BCUT2D eigenvalue weighted by Gasteiger charge is -2.13. The van der Waals surface area contributed by atoms with Gasteiger partial charge in [0.25, 0.3) is 0 Å². The van der Waals surface area contributed by atoms with E-state index in [1.165, 1.54) is 64.7 Å². The van der Waals surface area contributed by atoms with E-state index in [4.69, 9.17) is 0 Å². The van der Waals surface area contributed by atoms with Crippen LogP contribution < -0.4 is 0 Å². The molecule has 7 aromatic carbocycles. The average molecular weight is 489 g/mol. The normalized spacial score (nSPS) is 11.2. The molecule has 0 fully saturated rings. The number of rotatable bonds is 2. The molecule has 1 heteroatoms. The molecule has 0 nitrogen and oxygen atoms in total. The SMILES string of the molecule is c1cc2cccc3c4cccc5cccc(c(c1)c23)c54.c1ccc(-c2ccsc2-c2ccccc2)cc1. The summed E-state index contributed by atoms with van der Waals surface area (Å²) in [6, 6.07) is 49.8. The Morgan fingerprint density at radius 3 is 1.24 bits per heavy atom. The highest BCUT2D eigenvalue weighted by atomic mass is 32.1. The topological polar surface area (TPSA) is 0 Å².